The number of Topliss-reactive ketones (excluding diaryl/α,β-unsaturated/α-hetero) is 1. The molecule has 4 rings (SSSR count). The summed E-state index contributed by atoms with van der Waals surface area (Å²) in [5.41, 5.74) is 0.625. The van der Waals surface area contributed by atoms with Crippen LogP contribution in [0.1, 0.15) is 59.1 Å². The molecule has 1 aliphatic carbocycles. The molecule has 0 fully saturated rings. The summed E-state index contributed by atoms with van der Waals surface area (Å²) in [5.74, 6) is -0.552. The number of hydrogen-bond donors (Lipinski definition) is 1. The number of alkyl halides is 3. The Morgan fingerprint density at radius 1 is 1.11 bits per heavy atom. The topological polar surface area (TPSA) is 84.8 Å². The first-order chi connectivity index (χ1) is 17.0. The number of carbonyl (C=O) groups excluding carboxylic acids is 2. The van der Waals surface area contributed by atoms with Crippen molar-refractivity contribution in [2.24, 2.45) is 0 Å². The van der Waals surface area contributed by atoms with Crippen molar-refractivity contribution in [1.29, 1.82) is 0 Å². The zero-order valence-electron chi connectivity index (χ0n) is 20.1. The Morgan fingerprint density at radius 2 is 1.83 bits per heavy atom. The number of anilines is 1. The smallest absolute Gasteiger partial charge is 0.310 e. The molecule has 6 nitrogen and oxygen atoms in total. The van der Waals surface area contributed by atoms with Gasteiger partial charge in [-0.3, -0.25) is 9.59 Å². The van der Waals surface area contributed by atoms with Crippen LogP contribution in [-0.4, -0.2) is 32.4 Å². The van der Waals surface area contributed by atoms with Crippen LogP contribution < -0.4 is 5.32 Å². The molecule has 1 amide bonds. The second kappa shape index (κ2) is 10.0. The molecule has 2 heterocycles. The summed E-state index contributed by atoms with van der Waals surface area (Å²) in [7, 11) is 0. The van der Waals surface area contributed by atoms with Gasteiger partial charge in [-0.15, -0.1) is 11.8 Å². The molecule has 0 spiro atoms. The van der Waals surface area contributed by atoms with Gasteiger partial charge in [-0.1, -0.05) is 19.1 Å². The van der Waals surface area contributed by atoms with Crippen LogP contribution in [0.15, 0.2) is 47.4 Å². The van der Waals surface area contributed by atoms with Gasteiger partial charge in [0.15, 0.2) is 5.78 Å². The monoisotopic (exact) mass is 514 g/mol. The zero-order chi connectivity index (χ0) is 26.1. The van der Waals surface area contributed by atoms with Crippen molar-refractivity contribution < 1.29 is 22.8 Å². The lowest BCUT2D eigenvalue weighted by Gasteiger charge is -2.32. The molecular formula is C26H25F3N4O2S. The van der Waals surface area contributed by atoms with E-state index in [1.165, 1.54) is 19.1 Å². The van der Waals surface area contributed by atoms with Gasteiger partial charge in [0.25, 0.3) is 0 Å². The summed E-state index contributed by atoms with van der Waals surface area (Å²) in [6, 6.07) is 12.3. The lowest BCUT2D eigenvalue weighted by molar-refractivity contribution is -0.145. The predicted octanol–water partition coefficient (Wildman–Crippen LogP) is 5.58. The molecule has 1 N–H and O–H groups in total. The molecule has 1 aromatic carbocycles. The van der Waals surface area contributed by atoms with Crippen LogP contribution in [0.25, 0.3) is 0 Å². The Bertz CT molecular complexity index is 1310. The normalized spacial score (nSPS) is 17.6. The van der Waals surface area contributed by atoms with E-state index in [1.54, 1.807) is 24.8 Å². The molecule has 10 heteroatoms. The van der Waals surface area contributed by atoms with Crippen molar-refractivity contribution in [2.45, 2.75) is 56.5 Å². The van der Waals surface area contributed by atoms with Gasteiger partial charge in [0.2, 0.25) is 11.7 Å². The minimum Gasteiger partial charge on any atom is -0.310 e. The minimum atomic E-state index is -4.71. The molecule has 0 bridgehead atoms. The first kappa shape index (κ1) is 25.8. The van der Waals surface area contributed by atoms with Gasteiger partial charge in [-0.2, -0.15) is 13.2 Å². The molecule has 0 radical (unpaired) electrons. The number of fused-ring (bicyclic) bond motifs is 1. The highest BCUT2D eigenvalue weighted by molar-refractivity contribution is 7.99. The third kappa shape index (κ3) is 5.43. The number of halogens is 3. The van der Waals surface area contributed by atoms with Gasteiger partial charge in [0, 0.05) is 16.2 Å². The van der Waals surface area contributed by atoms with E-state index >= 15 is 0 Å². The molecule has 0 saturated carbocycles. The van der Waals surface area contributed by atoms with E-state index in [0.717, 1.165) is 16.2 Å². The van der Waals surface area contributed by atoms with Crippen molar-refractivity contribution in [3.8, 4) is 0 Å². The summed E-state index contributed by atoms with van der Waals surface area (Å²) in [5, 5.41) is 2.77. The van der Waals surface area contributed by atoms with Crippen LogP contribution in [0.5, 0.6) is 0 Å². The van der Waals surface area contributed by atoms with Crippen molar-refractivity contribution in [1.82, 2.24) is 15.0 Å². The Hall–Kier alpha value is -3.27. The number of rotatable bonds is 6. The molecule has 1 aliphatic rings. The quantitative estimate of drug-likeness (QED) is 0.433. The van der Waals surface area contributed by atoms with Gasteiger partial charge >= 0.3 is 6.18 Å². The van der Waals surface area contributed by atoms with Gasteiger partial charge in [-0.05, 0) is 68.3 Å². The highest BCUT2D eigenvalue weighted by Crippen LogP contribution is 2.38. The van der Waals surface area contributed by atoms with Crippen LogP contribution in [0.2, 0.25) is 0 Å². The Kier molecular flexibility index (Phi) is 7.17. The largest absolute Gasteiger partial charge is 0.451 e. The SMILES string of the molecule is CCSc1ccc(CC(=O)Nc2ccc3c(n2)CCC(C)(c2cc(C)nc(C(F)(F)F)n2)C3=O)cc1. The van der Waals surface area contributed by atoms with Crippen molar-refractivity contribution in [3.63, 3.8) is 0 Å². The van der Waals surface area contributed by atoms with E-state index < -0.39 is 17.4 Å². The zero-order valence-corrected chi connectivity index (χ0v) is 20.9. The van der Waals surface area contributed by atoms with Crippen LogP contribution in [0.4, 0.5) is 19.0 Å². The first-order valence-corrected chi connectivity index (χ1v) is 12.5. The summed E-state index contributed by atoms with van der Waals surface area (Å²) < 4.78 is 39.8. The van der Waals surface area contributed by atoms with Crippen molar-refractivity contribution >= 4 is 29.3 Å². The van der Waals surface area contributed by atoms with E-state index in [0.29, 0.717) is 23.5 Å². The number of carbonyl (C=O) groups is 2. The third-order valence-corrected chi connectivity index (χ3v) is 7.02. The lowest BCUT2D eigenvalue weighted by atomic mass is 9.71. The molecule has 2 aromatic heterocycles. The fraction of sp³-hybridized carbons (Fsp3) is 0.346. The number of hydrogen-bond acceptors (Lipinski definition) is 6. The van der Waals surface area contributed by atoms with Gasteiger partial charge < -0.3 is 5.32 Å². The standard InChI is InChI=1S/C26H25F3N4O2S/c1-4-36-17-7-5-16(6-8-17)14-22(34)33-21-10-9-18-19(31-21)11-12-25(3,23(18)35)20-13-15(2)30-24(32-20)26(27,28)29/h5-10,13H,4,11-12,14H2,1-3H3,(H,31,33,34). The lowest BCUT2D eigenvalue weighted by Crippen LogP contribution is -2.39. The molecular weight excluding hydrogens is 489 g/mol. The van der Waals surface area contributed by atoms with E-state index in [4.69, 9.17) is 0 Å². The third-order valence-electron chi connectivity index (χ3n) is 6.12. The maximum absolute atomic E-state index is 13.4. The number of pyridine rings is 1. The maximum Gasteiger partial charge on any atom is 0.451 e. The van der Waals surface area contributed by atoms with Gasteiger partial charge in [0.05, 0.1) is 23.2 Å². The molecule has 36 heavy (non-hydrogen) atoms. The highest BCUT2D eigenvalue weighted by Gasteiger charge is 2.44. The molecule has 1 atom stereocenters. The van der Waals surface area contributed by atoms with E-state index in [9.17, 15) is 22.8 Å². The Balaban J connectivity index is 1.51. The molecule has 1 unspecified atom stereocenters. The number of aromatic nitrogens is 3. The van der Waals surface area contributed by atoms with Crippen molar-refractivity contribution in [3.05, 3.63) is 76.5 Å². The fourth-order valence-corrected chi connectivity index (χ4v) is 4.87. The summed E-state index contributed by atoms with van der Waals surface area (Å²) in [6.45, 7) is 5.12. The van der Waals surface area contributed by atoms with Gasteiger partial charge in [-0.25, -0.2) is 15.0 Å². The van der Waals surface area contributed by atoms with Crippen LogP contribution in [-0.2, 0) is 29.2 Å². The number of amides is 1. The number of ketones is 1. The summed E-state index contributed by atoms with van der Waals surface area (Å²) >= 11 is 1.72. The van der Waals surface area contributed by atoms with E-state index in [1.807, 2.05) is 24.3 Å². The van der Waals surface area contributed by atoms with E-state index in [2.05, 4.69) is 27.2 Å². The molecule has 3 aromatic rings. The second-order valence-electron chi connectivity index (χ2n) is 8.87. The maximum atomic E-state index is 13.4. The number of nitrogens with zero attached hydrogens (tertiary/aromatic N) is 3. The minimum absolute atomic E-state index is 0.0405. The van der Waals surface area contributed by atoms with Crippen LogP contribution in [0, 0.1) is 6.92 Å². The number of benzene rings is 1. The average molecular weight is 515 g/mol. The number of thioether (sulfide) groups is 1. The summed E-state index contributed by atoms with van der Waals surface area (Å²) in [6.07, 6.45) is -3.94. The second-order valence-corrected chi connectivity index (χ2v) is 10.2. The fourth-order valence-electron chi connectivity index (χ4n) is 4.21. The number of nitrogens with one attached hydrogen (secondary N) is 1. The molecule has 0 saturated heterocycles. The Morgan fingerprint density at radius 3 is 2.50 bits per heavy atom. The van der Waals surface area contributed by atoms with Crippen LogP contribution in [0.3, 0.4) is 0 Å². The van der Waals surface area contributed by atoms with Gasteiger partial charge in [0.1, 0.15) is 5.82 Å². The molecule has 0 aliphatic heterocycles. The first-order valence-electron chi connectivity index (χ1n) is 11.5. The predicted molar refractivity (Wildman–Crippen MR) is 131 cm³/mol. The van der Waals surface area contributed by atoms with Crippen LogP contribution >= 0.6 is 11.8 Å². The molecule has 188 valence electrons. The number of aryl methyl sites for hydroxylation is 2. The van der Waals surface area contributed by atoms with Crippen molar-refractivity contribution in [2.75, 3.05) is 11.1 Å². The Labute approximate surface area is 211 Å². The van der Waals surface area contributed by atoms with E-state index in [-0.39, 0.29) is 35.9 Å². The average Bonchev–Trinajstić information content (AvgIpc) is 2.82. The summed E-state index contributed by atoms with van der Waals surface area (Å²) in [4.78, 5) is 38.7. The highest BCUT2D eigenvalue weighted by atomic mass is 32.2.